The average Bonchev–Trinajstić information content (AvgIpc) is 2.74. The molecule has 2 rings (SSSR count). The lowest BCUT2D eigenvalue weighted by atomic mass is 10.2. The van der Waals surface area contributed by atoms with Crippen LogP contribution in [0.25, 0.3) is 0 Å². The Labute approximate surface area is 105 Å². The van der Waals surface area contributed by atoms with E-state index in [-0.39, 0.29) is 0 Å². The van der Waals surface area contributed by atoms with Crippen LogP contribution in [0.4, 0.5) is 5.69 Å². The second kappa shape index (κ2) is 5.50. The molecule has 4 heteroatoms. The Morgan fingerprint density at radius 3 is 2.71 bits per heavy atom. The van der Waals surface area contributed by atoms with Crippen LogP contribution < -0.4 is 11.1 Å². The molecule has 0 saturated heterocycles. The van der Waals surface area contributed by atoms with E-state index in [0.717, 1.165) is 5.69 Å². The first-order valence-electron chi connectivity index (χ1n) is 5.39. The van der Waals surface area contributed by atoms with Crippen LogP contribution in [-0.4, -0.2) is 5.96 Å². The zero-order chi connectivity index (χ0) is 12.1. The fraction of sp³-hybridized carbons (Fsp3) is 0.154. The van der Waals surface area contributed by atoms with E-state index in [9.17, 15) is 0 Å². The van der Waals surface area contributed by atoms with Crippen molar-refractivity contribution in [2.45, 2.75) is 13.5 Å². The highest BCUT2D eigenvalue weighted by Gasteiger charge is 1.98. The number of nitrogens with two attached hydrogens (primary N) is 1. The number of guanidine groups is 1. The monoisotopic (exact) mass is 245 g/mol. The summed E-state index contributed by atoms with van der Waals surface area (Å²) in [7, 11) is 0. The van der Waals surface area contributed by atoms with Crippen molar-refractivity contribution in [2.75, 3.05) is 5.32 Å². The maximum atomic E-state index is 5.81. The molecule has 88 valence electrons. The second-order valence-corrected chi connectivity index (χ2v) is 4.52. The van der Waals surface area contributed by atoms with Gasteiger partial charge in [-0.25, -0.2) is 4.99 Å². The minimum atomic E-state index is 0.446. The van der Waals surface area contributed by atoms with Gasteiger partial charge in [0.2, 0.25) is 0 Å². The number of rotatable bonds is 3. The lowest BCUT2D eigenvalue weighted by Crippen LogP contribution is -2.22. The molecule has 0 saturated carbocycles. The van der Waals surface area contributed by atoms with Crippen LogP contribution in [0.3, 0.4) is 0 Å². The number of aryl methyl sites for hydroxylation is 1. The summed E-state index contributed by atoms with van der Waals surface area (Å²) in [6, 6.07) is 9.79. The fourth-order valence-electron chi connectivity index (χ4n) is 1.43. The van der Waals surface area contributed by atoms with Gasteiger partial charge in [-0.05, 0) is 40.9 Å². The number of hydrogen-bond donors (Lipinski definition) is 2. The normalized spacial score (nSPS) is 11.5. The number of nitrogens with one attached hydrogen (secondary N) is 1. The molecule has 1 aromatic heterocycles. The number of aliphatic imine (C=N–C) groups is 1. The van der Waals surface area contributed by atoms with Crippen LogP contribution in [0.5, 0.6) is 0 Å². The molecule has 0 spiro atoms. The summed E-state index contributed by atoms with van der Waals surface area (Å²) < 4.78 is 0. The highest BCUT2D eigenvalue weighted by molar-refractivity contribution is 7.08. The van der Waals surface area contributed by atoms with Crippen LogP contribution in [-0.2, 0) is 6.54 Å². The van der Waals surface area contributed by atoms with Crippen molar-refractivity contribution < 1.29 is 0 Å². The molecular formula is C13H15N3S. The predicted octanol–water partition coefficient (Wildman–Crippen LogP) is 2.98. The van der Waals surface area contributed by atoms with E-state index in [0.29, 0.717) is 12.5 Å². The zero-order valence-corrected chi connectivity index (χ0v) is 10.5. The molecule has 0 aliphatic carbocycles. The largest absolute Gasteiger partial charge is 0.370 e. The Balaban J connectivity index is 1.97. The van der Waals surface area contributed by atoms with Crippen molar-refractivity contribution in [3.8, 4) is 0 Å². The smallest absolute Gasteiger partial charge is 0.193 e. The first-order chi connectivity index (χ1) is 8.25. The fourth-order valence-corrected chi connectivity index (χ4v) is 2.28. The summed E-state index contributed by atoms with van der Waals surface area (Å²) in [5.74, 6) is 0.446. The zero-order valence-electron chi connectivity index (χ0n) is 9.68. The molecule has 17 heavy (non-hydrogen) atoms. The summed E-state index contributed by atoms with van der Waals surface area (Å²) in [4.78, 5) is 4.31. The van der Waals surface area contributed by atoms with Crippen molar-refractivity contribution in [1.29, 1.82) is 0 Å². The minimum absolute atomic E-state index is 0.446. The number of nitrogens with zero attached hydrogens (tertiary/aromatic N) is 1. The Morgan fingerprint density at radius 2 is 2.06 bits per heavy atom. The van der Waals surface area contributed by atoms with Crippen molar-refractivity contribution in [2.24, 2.45) is 10.7 Å². The van der Waals surface area contributed by atoms with E-state index in [1.807, 2.05) is 30.3 Å². The van der Waals surface area contributed by atoms with Crippen LogP contribution >= 0.6 is 11.3 Å². The van der Waals surface area contributed by atoms with Crippen LogP contribution in [0.15, 0.2) is 46.1 Å². The van der Waals surface area contributed by atoms with Gasteiger partial charge >= 0.3 is 0 Å². The number of thiophene rings is 1. The molecule has 3 nitrogen and oxygen atoms in total. The highest BCUT2D eigenvalue weighted by atomic mass is 32.1. The Morgan fingerprint density at radius 1 is 1.29 bits per heavy atom. The lowest BCUT2D eigenvalue weighted by molar-refractivity contribution is 1.05. The van der Waals surface area contributed by atoms with E-state index < -0.39 is 0 Å². The topological polar surface area (TPSA) is 50.4 Å². The molecule has 0 aliphatic rings. The van der Waals surface area contributed by atoms with Crippen molar-refractivity contribution in [1.82, 2.24) is 0 Å². The van der Waals surface area contributed by atoms with Crippen molar-refractivity contribution in [3.63, 3.8) is 0 Å². The van der Waals surface area contributed by atoms with E-state index in [1.54, 1.807) is 11.3 Å². The van der Waals surface area contributed by atoms with Crippen LogP contribution in [0.1, 0.15) is 11.1 Å². The molecule has 0 unspecified atom stereocenters. The number of anilines is 1. The van der Waals surface area contributed by atoms with Gasteiger partial charge in [-0.15, -0.1) is 0 Å². The third-order valence-corrected chi connectivity index (χ3v) is 3.34. The summed E-state index contributed by atoms with van der Waals surface area (Å²) in [5.41, 5.74) is 9.27. The first kappa shape index (κ1) is 11.7. The molecule has 0 fully saturated rings. The van der Waals surface area contributed by atoms with Gasteiger partial charge in [-0.1, -0.05) is 18.2 Å². The van der Waals surface area contributed by atoms with Gasteiger partial charge in [0.15, 0.2) is 5.96 Å². The quantitative estimate of drug-likeness (QED) is 0.645. The van der Waals surface area contributed by atoms with Crippen molar-refractivity contribution >= 4 is 23.0 Å². The van der Waals surface area contributed by atoms with Gasteiger partial charge in [0.25, 0.3) is 0 Å². The lowest BCUT2D eigenvalue weighted by Gasteiger charge is -2.04. The summed E-state index contributed by atoms with van der Waals surface area (Å²) in [6.07, 6.45) is 0. The van der Waals surface area contributed by atoms with Gasteiger partial charge < -0.3 is 11.1 Å². The Bertz CT molecular complexity index is 502. The Hall–Kier alpha value is -1.81. The molecule has 0 radical (unpaired) electrons. The molecule has 0 atom stereocenters. The first-order valence-corrected chi connectivity index (χ1v) is 6.33. The predicted molar refractivity (Wildman–Crippen MR) is 74.4 cm³/mol. The summed E-state index contributed by atoms with van der Waals surface area (Å²) >= 11 is 1.69. The summed E-state index contributed by atoms with van der Waals surface area (Å²) in [6.45, 7) is 2.71. The molecule has 1 heterocycles. The van der Waals surface area contributed by atoms with Crippen LogP contribution in [0.2, 0.25) is 0 Å². The SMILES string of the molecule is Cc1cscc1CN=C(N)Nc1ccccc1. The average molecular weight is 245 g/mol. The van der Waals surface area contributed by atoms with E-state index in [1.165, 1.54) is 11.1 Å². The molecule has 3 N–H and O–H groups in total. The van der Waals surface area contributed by atoms with Crippen molar-refractivity contribution in [3.05, 3.63) is 52.2 Å². The maximum Gasteiger partial charge on any atom is 0.193 e. The van der Waals surface area contributed by atoms with Gasteiger partial charge in [0.1, 0.15) is 0 Å². The molecule has 0 amide bonds. The number of hydrogen-bond acceptors (Lipinski definition) is 2. The number of benzene rings is 1. The third kappa shape index (κ3) is 3.32. The molecular weight excluding hydrogens is 230 g/mol. The molecule has 0 bridgehead atoms. The minimum Gasteiger partial charge on any atom is -0.370 e. The molecule has 1 aromatic carbocycles. The molecule has 2 aromatic rings. The van der Waals surface area contributed by atoms with Crippen LogP contribution in [0, 0.1) is 6.92 Å². The second-order valence-electron chi connectivity index (χ2n) is 3.77. The van der Waals surface area contributed by atoms with Gasteiger partial charge in [0.05, 0.1) is 6.54 Å². The van der Waals surface area contributed by atoms with Gasteiger partial charge in [0, 0.05) is 5.69 Å². The Kier molecular flexibility index (Phi) is 3.77. The highest BCUT2D eigenvalue weighted by Crippen LogP contribution is 2.14. The van der Waals surface area contributed by atoms with E-state index >= 15 is 0 Å². The summed E-state index contributed by atoms with van der Waals surface area (Å²) in [5, 5.41) is 7.28. The third-order valence-electron chi connectivity index (χ3n) is 2.43. The van der Waals surface area contributed by atoms with Gasteiger partial charge in [-0.3, -0.25) is 0 Å². The standard InChI is InChI=1S/C13H15N3S/c1-10-8-17-9-11(10)7-15-13(14)16-12-5-3-2-4-6-12/h2-6,8-9H,7H2,1H3,(H3,14,15,16). The van der Waals surface area contributed by atoms with E-state index in [4.69, 9.17) is 5.73 Å². The molecule has 0 aliphatic heterocycles. The number of para-hydroxylation sites is 1. The van der Waals surface area contributed by atoms with E-state index in [2.05, 4.69) is 28.0 Å². The maximum absolute atomic E-state index is 5.81. The van der Waals surface area contributed by atoms with Gasteiger partial charge in [-0.2, -0.15) is 11.3 Å².